The number of aromatic nitrogens is 2. The molecular weight excluding hydrogens is 224 g/mol. The Morgan fingerprint density at radius 2 is 1.67 bits per heavy atom. The minimum atomic E-state index is 0.761. The van der Waals surface area contributed by atoms with E-state index in [-0.39, 0.29) is 0 Å². The Morgan fingerprint density at radius 3 is 2.22 bits per heavy atom. The molecule has 0 saturated carbocycles. The van der Waals surface area contributed by atoms with Crippen LogP contribution in [0.4, 0.5) is 11.6 Å². The van der Waals surface area contributed by atoms with Gasteiger partial charge in [-0.15, -0.1) is 0 Å². The van der Waals surface area contributed by atoms with E-state index in [0.29, 0.717) is 0 Å². The normalized spacial score (nSPS) is 10.8. The fourth-order valence-corrected chi connectivity index (χ4v) is 1.86. The van der Waals surface area contributed by atoms with Crippen LogP contribution in [0.2, 0.25) is 0 Å². The lowest BCUT2D eigenvalue weighted by Gasteiger charge is -2.13. The smallest absolute Gasteiger partial charge is 0.134 e. The molecule has 1 heterocycles. The van der Waals surface area contributed by atoms with Gasteiger partial charge in [0.15, 0.2) is 0 Å². The van der Waals surface area contributed by atoms with E-state index in [1.54, 1.807) is 0 Å². The van der Waals surface area contributed by atoms with Crippen molar-refractivity contribution in [2.45, 2.75) is 47.5 Å². The molecule has 18 heavy (non-hydrogen) atoms. The Hall–Kier alpha value is -1.32. The Labute approximate surface area is 111 Å². The fraction of sp³-hybridized carbons (Fsp3) is 0.714. The number of hydrogen-bond donors (Lipinski definition) is 2. The Morgan fingerprint density at radius 1 is 1.06 bits per heavy atom. The fourth-order valence-electron chi connectivity index (χ4n) is 1.86. The van der Waals surface area contributed by atoms with Crippen molar-refractivity contribution in [1.82, 2.24) is 9.97 Å². The Kier molecular flexibility index (Phi) is 5.89. The van der Waals surface area contributed by atoms with Crippen molar-refractivity contribution in [2.24, 2.45) is 5.92 Å². The SMILES string of the molecule is CCNc1nc(C)nc(NCCCC(C)C)c1C. The predicted octanol–water partition coefficient (Wildman–Crippen LogP) is 3.37. The van der Waals surface area contributed by atoms with Crippen molar-refractivity contribution in [3.63, 3.8) is 0 Å². The maximum absolute atomic E-state index is 4.47. The molecule has 0 atom stereocenters. The minimum absolute atomic E-state index is 0.761. The summed E-state index contributed by atoms with van der Waals surface area (Å²) in [7, 11) is 0. The van der Waals surface area contributed by atoms with Crippen molar-refractivity contribution in [1.29, 1.82) is 0 Å². The third kappa shape index (κ3) is 4.51. The molecule has 4 heteroatoms. The lowest BCUT2D eigenvalue weighted by molar-refractivity contribution is 0.566. The maximum Gasteiger partial charge on any atom is 0.134 e. The zero-order valence-electron chi connectivity index (χ0n) is 12.3. The van der Waals surface area contributed by atoms with E-state index in [9.17, 15) is 0 Å². The van der Waals surface area contributed by atoms with Crippen molar-refractivity contribution >= 4 is 11.6 Å². The zero-order valence-corrected chi connectivity index (χ0v) is 12.3. The zero-order chi connectivity index (χ0) is 13.5. The van der Waals surface area contributed by atoms with E-state index in [1.165, 1.54) is 12.8 Å². The van der Waals surface area contributed by atoms with Gasteiger partial charge in [0, 0.05) is 18.7 Å². The van der Waals surface area contributed by atoms with Crippen LogP contribution in [0.25, 0.3) is 0 Å². The largest absolute Gasteiger partial charge is 0.370 e. The lowest BCUT2D eigenvalue weighted by atomic mass is 10.1. The topological polar surface area (TPSA) is 49.8 Å². The molecule has 0 aliphatic heterocycles. The second-order valence-corrected chi connectivity index (χ2v) is 5.09. The van der Waals surface area contributed by atoms with Crippen LogP contribution in [0, 0.1) is 19.8 Å². The lowest BCUT2D eigenvalue weighted by Crippen LogP contribution is -2.11. The van der Waals surface area contributed by atoms with Crippen molar-refractivity contribution < 1.29 is 0 Å². The molecule has 0 aliphatic rings. The molecule has 0 radical (unpaired) electrons. The van der Waals surface area contributed by atoms with Gasteiger partial charge in [0.05, 0.1) is 0 Å². The highest BCUT2D eigenvalue weighted by Gasteiger charge is 2.07. The summed E-state index contributed by atoms with van der Waals surface area (Å²) in [5, 5.41) is 6.69. The highest BCUT2D eigenvalue weighted by atomic mass is 15.1. The van der Waals surface area contributed by atoms with Crippen LogP contribution >= 0.6 is 0 Å². The van der Waals surface area contributed by atoms with Crippen LogP contribution in [0.15, 0.2) is 0 Å². The summed E-state index contributed by atoms with van der Waals surface area (Å²) >= 11 is 0. The predicted molar refractivity (Wildman–Crippen MR) is 78.2 cm³/mol. The van der Waals surface area contributed by atoms with Gasteiger partial charge >= 0.3 is 0 Å². The van der Waals surface area contributed by atoms with Gasteiger partial charge in [0.1, 0.15) is 17.5 Å². The molecule has 1 aromatic rings. The number of hydrogen-bond acceptors (Lipinski definition) is 4. The number of rotatable bonds is 7. The third-order valence-electron chi connectivity index (χ3n) is 2.85. The van der Waals surface area contributed by atoms with Gasteiger partial charge in [-0.2, -0.15) is 0 Å². The van der Waals surface area contributed by atoms with E-state index in [0.717, 1.165) is 42.0 Å². The molecule has 0 saturated heterocycles. The Balaban J connectivity index is 2.64. The van der Waals surface area contributed by atoms with E-state index < -0.39 is 0 Å². The number of nitrogens with one attached hydrogen (secondary N) is 2. The first-order valence-electron chi connectivity index (χ1n) is 6.87. The van der Waals surface area contributed by atoms with E-state index in [1.807, 2.05) is 6.92 Å². The van der Waals surface area contributed by atoms with Gasteiger partial charge in [0.25, 0.3) is 0 Å². The van der Waals surface area contributed by atoms with E-state index in [4.69, 9.17) is 0 Å². The molecular formula is C14H26N4. The molecule has 0 spiro atoms. The third-order valence-corrected chi connectivity index (χ3v) is 2.85. The first-order valence-corrected chi connectivity index (χ1v) is 6.87. The summed E-state index contributed by atoms with van der Waals surface area (Å²) in [4.78, 5) is 8.89. The number of anilines is 2. The second kappa shape index (κ2) is 7.19. The van der Waals surface area contributed by atoms with Crippen LogP contribution < -0.4 is 10.6 Å². The summed E-state index contributed by atoms with van der Waals surface area (Å²) in [5.74, 6) is 3.47. The van der Waals surface area contributed by atoms with Crippen LogP contribution in [-0.4, -0.2) is 23.1 Å². The van der Waals surface area contributed by atoms with Gasteiger partial charge in [-0.1, -0.05) is 13.8 Å². The van der Waals surface area contributed by atoms with Crippen LogP contribution in [-0.2, 0) is 0 Å². The van der Waals surface area contributed by atoms with Crippen molar-refractivity contribution in [2.75, 3.05) is 23.7 Å². The summed E-state index contributed by atoms with van der Waals surface area (Å²) < 4.78 is 0. The highest BCUT2D eigenvalue weighted by molar-refractivity contribution is 5.57. The molecule has 0 aliphatic carbocycles. The molecule has 0 fully saturated rings. The van der Waals surface area contributed by atoms with E-state index in [2.05, 4.69) is 48.3 Å². The summed E-state index contributed by atoms with van der Waals surface area (Å²) in [6.45, 7) is 12.4. The molecule has 1 rings (SSSR count). The molecule has 0 unspecified atom stereocenters. The molecule has 0 amide bonds. The molecule has 2 N–H and O–H groups in total. The number of nitrogens with zero attached hydrogens (tertiary/aromatic N) is 2. The first-order chi connectivity index (χ1) is 8.54. The standard InChI is InChI=1S/C14H26N4/c1-6-15-13-11(4)14(18-12(5)17-13)16-9-7-8-10(2)3/h10H,6-9H2,1-5H3,(H2,15,16,17,18). The molecule has 102 valence electrons. The first kappa shape index (κ1) is 14.7. The molecule has 0 aromatic carbocycles. The van der Waals surface area contributed by atoms with Crippen molar-refractivity contribution in [3.05, 3.63) is 11.4 Å². The maximum atomic E-state index is 4.47. The second-order valence-electron chi connectivity index (χ2n) is 5.09. The van der Waals surface area contributed by atoms with Crippen LogP contribution in [0.1, 0.15) is 45.0 Å². The van der Waals surface area contributed by atoms with Crippen LogP contribution in [0.3, 0.4) is 0 Å². The molecule has 0 bridgehead atoms. The highest BCUT2D eigenvalue weighted by Crippen LogP contribution is 2.19. The molecule has 1 aromatic heterocycles. The Bertz CT molecular complexity index is 374. The van der Waals surface area contributed by atoms with Crippen LogP contribution in [0.5, 0.6) is 0 Å². The van der Waals surface area contributed by atoms with Gasteiger partial charge in [-0.3, -0.25) is 0 Å². The van der Waals surface area contributed by atoms with Gasteiger partial charge in [-0.05, 0) is 39.5 Å². The van der Waals surface area contributed by atoms with Gasteiger partial charge in [0.2, 0.25) is 0 Å². The summed E-state index contributed by atoms with van der Waals surface area (Å²) in [5.41, 5.74) is 1.10. The average molecular weight is 250 g/mol. The molecule has 4 nitrogen and oxygen atoms in total. The van der Waals surface area contributed by atoms with Crippen molar-refractivity contribution in [3.8, 4) is 0 Å². The minimum Gasteiger partial charge on any atom is -0.370 e. The monoisotopic (exact) mass is 250 g/mol. The average Bonchev–Trinajstić information content (AvgIpc) is 2.30. The van der Waals surface area contributed by atoms with E-state index >= 15 is 0 Å². The quantitative estimate of drug-likeness (QED) is 0.728. The van der Waals surface area contributed by atoms with Gasteiger partial charge in [-0.25, -0.2) is 9.97 Å². The van der Waals surface area contributed by atoms with Gasteiger partial charge < -0.3 is 10.6 Å². The summed E-state index contributed by atoms with van der Waals surface area (Å²) in [6.07, 6.45) is 2.42. The summed E-state index contributed by atoms with van der Waals surface area (Å²) in [6, 6.07) is 0. The number of aryl methyl sites for hydroxylation is 1.